The highest BCUT2D eigenvalue weighted by Gasteiger charge is 2.16. The maximum absolute atomic E-state index is 12.4. The third kappa shape index (κ3) is 2.68. The number of nitriles is 1. The summed E-state index contributed by atoms with van der Waals surface area (Å²) < 4.78 is 12.2. The summed E-state index contributed by atoms with van der Waals surface area (Å²) in [6.07, 6.45) is 0. The SMILES string of the molecule is COc1ccc(-c2ccc(C#N)c(=O)n2C(C)C)c(OC)c1. The van der Waals surface area contributed by atoms with Gasteiger partial charge in [-0.1, -0.05) is 0 Å². The Morgan fingerprint density at radius 1 is 1.14 bits per heavy atom. The van der Waals surface area contributed by atoms with Crippen LogP contribution in [0.15, 0.2) is 35.1 Å². The standard InChI is InChI=1S/C17H18N2O3/c1-11(2)19-15(8-5-12(10-18)17(19)20)14-7-6-13(21-3)9-16(14)22-4/h5-9,11H,1-4H3. The first kappa shape index (κ1) is 15.6. The Morgan fingerprint density at radius 3 is 2.41 bits per heavy atom. The third-order valence-electron chi connectivity index (χ3n) is 3.44. The number of ether oxygens (including phenoxy) is 2. The number of hydrogen-bond acceptors (Lipinski definition) is 4. The number of methoxy groups -OCH3 is 2. The van der Waals surface area contributed by atoms with Crippen molar-refractivity contribution >= 4 is 0 Å². The van der Waals surface area contributed by atoms with Crippen LogP contribution in [0, 0.1) is 11.3 Å². The van der Waals surface area contributed by atoms with Crippen molar-refractivity contribution in [1.82, 2.24) is 4.57 Å². The molecule has 0 saturated carbocycles. The molecule has 2 rings (SSSR count). The van der Waals surface area contributed by atoms with Gasteiger partial charge in [0.2, 0.25) is 0 Å². The van der Waals surface area contributed by atoms with Crippen LogP contribution in [0.3, 0.4) is 0 Å². The van der Waals surface area contributed by atoms with Crippen molar-refractivity contribution in [3.63, 3.8) is 0 Å². The second-order valence-electron chi connectivity index (χ2n) is 5.08. The highest BCUT2D eigenvalue weighted by molar-refractivity contribution is 5.69. The molecule has 1 aromatic carbocycles. The van der Waals surface area contributed by atoms with Gasteiger partial charge in [0.25, 0.3) is 5.56 Å². The first-order chi connectivity index (χ1) is 10.5. The van der Waals surface area contributed by atoms with E-state index in [1.54, 1.807) is 37.0 Å². The molecule has 0 unspecified atom stereocenters. The van der Waals surface area contributed by atoms with Gasteiger partial charge in [-0.05, 0) is 38.1 Å². The quantitative estimate of drug-likeness (QED) is 0.870. The molecule has 2 aromatic rings. The third-order valence-corrected chi connectivity index (χ3v) is 3.44. The molecule has 0 bridgehead atoms. The fourth-order valence-electron chi connectivity index (χ4n) is 2.38. The molecule has 0 spiro atoms. The molecule has 0 N–H and O–H groups in total. The van der Waals surface area contributed by atoms with Crippen molar-refractivity contribution < 1.29 is 9.47 Å². The highest BCUT2D eigenvalue weighted by Crippen LogP contribution is 2.33. The van der Waals surface area contributed by atoms with E-state index in [9.17, 15) is 4.79 Å². The zero-order valence-electron chi connectivity index (χ0n) is 13.1. The van der Waals surface area contributed by atoms with Gasteiger partial charge in [-0.25, -0.2) is 0 Å². The van der Waals surface area contributed by atoms with E-state index in [1.165, 1.54) is 0 Å². The number of hydrogen-bond donors (Lipinski definition) is 0. The van der Waals surface area contributed by atoms with Crippen LogP contribution in [0.5, 0.6) is 11.5 Å². The number of nitrogens with zero attached hydrogens (tertiary/aromatic N) is 2. The molecule has 0 saturated heterocycles. The van der Waals surface area contributed by atoms with E-state index in [-0.39, 0.29) is 17.2 Å². The molecular weight excluding hydrogens is 280 g/mol. The minimum Gasteiger partial charge on any atom is -0.497 e. The summed E-state index contributed by atoms with van der Waals surface area (Å²) in [5.74, 6) is 1.28. The predicted octanol–water partition coefficient (Wildman–Crippen LogP) is 2.99. The second-order valence-corrected chi connectivity index (χ2v) is 5.08. The summed E-state index contributed by atoms with van der Waals surface area (Å²) in [4.78, 5) is 12.4. The Labute approximate surface area is 129 Å². The van der Waals surface area contributed by atoms with Crippen LogP contribution in [0.4, 0.5) is 0 Å². The molecule has 114 valence electrons. The largest absolute Gasteiger partial charge is 0.497 e. The molecule has 0 aliphatic carbocycles. The molecule has 22 heavy (non-hydrogen) atoms. The molecule has 0 fully saturated rings. The Balaban J connectivity index is 2.76. The lowest BCUT2D eigenvalue weighted by Crippen LogP contribution is -2.25. The summed E-state index contributed by atoms with van der Waals surface area (Å²) >= 11 is 0. The van der Waals surface area contributed by atoms with Gasteiger partial charge in [-0.2, -0.15) is 5.26 Å². The zero-order valence-corrected chi connectivity index (χ0v) is 13.1. The molecule has 5 nitrogen and oxygen atoms in total. The fourth-order valence-corrected chi connectivity index (χ4v) is 2.38. The summed E-state index contributed by atoms with van der Waals surface area (Å²) in [5, 5.41) is 9.05. The van der Waals surface area contributed by atoms with Crippen molar-refractivity contribution in [3.8, 4) is 28.8 Å². The van der Waals surface area contributed by atoms with Crippen molar-refractivity contribution in [3.05, 3.63) is 46.2 Å². The summed E-state index contributed by atoms with van der Waals surface area (Å²) in [6.45, 7) is 3.81. The van der Waals surface area contributed by atoms with Crippen molar-refractivity contribution in [1.29, 1.82) is 5.26 Å². The second kappa shape index (κ2) is 6.35. The summed E-state index contributed by atoms with van der Waals surface area (Å²) in [7, 11) is 3.15. The number of rotatable bonds is 4. The Morgan fingerprint density at radius 2 is 1.86 bits per heavy atom. The molecule has 0 aliphatic heterocycles. The van der Waals surface area contributed by atoms with Gasteiger partial charge in [0.1, 0.15) is 23.1 Å². The minimum absolute atomic E-state index is 0.0809. The van der Waals surface area contributed by atoms with Crippen LogP contribution >= 0.6 is 0 Å². The molecule has 0 atom stereocenters. The van der Waals surface area contributed by atoms with Crippen LogP contribution < -0.4 is 15.0 Å². The lowest BCUT2D eigenvalue weighted by atomic mass is 10.1. The number of benzene rings is 1. The Kier molecular flexibility index (Phi) is 4.52. The maximum Gasteiger partial charge on any atom is 0.269 e. The van der Waals surface area contributed by atoms with Gasteiger partial charge in [0.15, 0.2) is 0 Å². The van der Waals surface area contributed by atoms with Gasteiger partial charge in [-0.15, -0.1) is 0 Å². The van der Waals surface area contributed by atoms with Crippen LogP contribution in [0.1, 0.15) is 25.5 Å². The first-order valence-electron chi connectivity index (χ1n) is 6.91. The van der Waals surface area contributed by atoms with Crippen molar-refractivity contribution in [2.24, 2.45) is 0 Å². The maximum atomic E-state index is 12.4. The molecule has 0 amide bonds. The van der Waals surface area contributed by atoms with E-state index in [4.69, 9.17) is 14.7 Å². The fraction of sp³-hybridized carbons (Fsp3) is 0.294. The summed E-state index contributed by atoms with van der Waals surface area (Å²) in [6, 6.07) is 10.6. The van der Waals surface area contributed by atoms with E-state index >= 15 is 0 Å². The van der Waals surface area contributed by atoms with E-state index < -0.39 is 0 Å². The minimum atomic E-state index is -0.298. The average molecular weight is 298 g/mol. The molecule has 1 aromatic heterocycles. The van der Waals surface area contributed by atoms with Crippen molar-refractivity contribution in [2.45, 2.75) is 19.9 Å². The van der Waals surface area contributed by atoms with Crippen molar-refractivity contribution in [2.75, 3.05) is 14.2 Å². The smallest absolute Gasteiger partial charge is 0.269 e. The van der Waals surface area contributed by atoms with E-state index in [1.807, 2.05) is 32.0 Å². The van der Waals surface area contributed by atoms with Crippen LogP contribution in [-0.4, -0.2) is 18.8 Å². The average Bonchev–Trinajstić information content (AvgIpc) is 2.53. The molecular formula is C17H18N2O3. The normalized spacial score (nSPS) is 10.4. The van der Waals surface area contributed by atoms with Crippen LogP contribution in [-0.2, 0) is 0 Å². The zero-order chi connectivity index (χ0) is 16.3. The topological polar surface area (TPSA) is 64.2 Å². The van der Waals surface area contributed by atoms with Gasteiger partial charge in [0.05, 0.1) is 19.9 Å². The highest BCUT2D eigenvalue weighted by atomic mass is 16.5. The first-order valence-corrected chi connectivity index (χ1v) is 6.91. The lowest BCUT2D eigenvalue weighted by molar-refractivity contribution is 0.395. The van der Waals surface area contributed by atoms with Gasteiger partial charge < -0.3 is 14.0 Å². The van der Waals surface area contributed by atoms with E-state index in [0.717, 1.165) is 5.56 Å². The van der Waals surface area contributed by atoms with Crippen LogP contribution in [0.25, 0.3) is 11.3 Å². The van der Waals surface area contributed by atoms with Gasteiger partial charge in [-0.3, -0.25) is 4.79 Å². The van der Waals surface area contributed by atoms with Gasteiger partial charge >= 0.3 is 0 Å². The molecule has 0 aliphatic rings. The predicted molar refractivity (Wildman–Crippen MR) is 84.3 cm³/mol. The molecule has 0 radical (unpaired) electrons. The Hall–Kier alpha value is -2.74. The van der Waals surface area contributed by atoms with E-state index in [2.05, 4.69) is 0 Å². The lowest BCUT2D eigenvalue weighted by Gasteiger charge is -2.19. The number of pyridine rings is 1. The molecule has 5 heteroatoms. The molecule has 1 heterocycles. The Bertz CT molecular complexity index is 785. The van der Waals surface area contributed by atoms with Crippen LogP contribution in [0.2, 0.25) is 0 Å². The summed E-state index contributed by atoms with van der Waals surface area (Å²) in [5.41, 5.74) is 1.31. The van der Waals surface area contributed by atoms with E-state index in [0.29, 0.717) is 17.2 Å². The van der Waals surface area contributed by atoms with Gasteiger partial charge in [0, 0.05) is 17.7 Å². The monoisotopic (exact) mass is 298 g/mol. The number of aromatic nitrogens is 1.